The molecule has 0 saturated carbocycles. The quantitative estimate of drug-likeness (QED) is 0.495. The Balaban J connectivity index is 2.27. The number of nitrogens with zero attached hydrogens (tertiary/aromatic N) is 1. The molecule has 0 aliphatic heterocycles. The second kappa shape index (κ2) is 9.60. The molecular formula is C20H22Cl2N2O2. The maximum absolute atomic E-state index is 10.8. The molecular weight excluding hydrogens is 371 g/mol. The standard InChI is InChI=1S/C20H22Cl2N2O2/c1-13-11-16(22)12-17(20(13)26)19(14-6-8-15(21)9-7-14)24-10-4-2-3-5-18(23)25/h6-9,11-12,26H,2-5,10H2,1H3,(H2,23,25). The van der Waals surface area contributed by atoms with Crippen LogP contribution in [-0.4, -0.2) is 23.3 Å². The van der Waals surface area contributed by atoms with Crippen LogP contribution in [0.15, 0.2) is 41.4 Å². The van der Waals surface area contributed by atoms with Crippen LogP contribution in [0.3, 0.4) is 0 Å². The number of aryl methyl sites for hydroxylation is 1. The molecule has 0 fully saturated rings. The van der Waals surface area contributed by atoms with E-state index in [0.29, 0.717) is 39.8 Å². The lowest BCUT2D eigenvalue weighted by Gasteiger charge is -2.12. The highest BCUT2D eigenvalue weighted by Crippen LogP contribution is 2.29. The minimum absolute atomic E-state index is 0.164. The Morgan fingerprint density at radius 2 is 1.77 bits per heavy atom. The van der Waals surface area contributed by atoms with Gasteiger partial charge in [0, 0.05) is 34.1 Å². The highest BCUT2D eigenvalue weighted by Gasteiger charge is 2.14. The molecule has 2 rings (SSSR count). The van der Waals surface area contributed by atoms with Crippen molar-refractivity contribution in [2.75, 3.05) is 6.54 Å². The summed E-state index contributed by atoms with van der Waals surface area (Å²) in [6, 6.07) is 10.7. The van der Waals surface area contributed by atoms with E-state index in [-0.39, 0.29) is 11.7 Å². The van der Waals surface area contributed by atoms with Crippen LogP contribution in [-0.2, 0) is 4.79 Å². The molecule has 0 bridgehead atoms. The fourth-order valence-corrected chi connectivity index (χ4v) is 3.03. The van der Waals surface area contributed by atoms with Gasteiger partial charge in [-0.1, -0.05) is 41.8 Å². The van der Waals surface area contributed by atoms with Crippen LogP contribution in [0.2, 0.25) is 10.0 Å². The fourth-order valence-electron chi connectivity index (χ4n) is 2.63. The molecule has 0 spiro atoms. The van der Waals surface area contributed by atoms with Crippen molar-refractivity contribution in [3.05, 3.63) is 63.1 Å². The molecule has 3 N–H and O–H groups in total. The summed E-state index contributed by atoms with van der Waals surface area (Å²) < 4.78 is 0. The van der Waals surface area contributed by atoms with Crippen molar-refractivity contribution < 1.29 is 9.90 Å². The van der Waals surface area contributed by atoms with Gasteiger partial charge in [-0.05, 0) is 49.6 Å². The number of unbranched alkanes of at least 4 members (excludes halogenated alkanes) is 2. The normalized spacial score (nSPS) is 11.6. The van der Waals surface area contributed by atoms with Crippen molar-refractivity contribution >= 4 is 34.8 Å². The molecule has 0 aliphatic carbocycles. The van der Waals surface area contributed by atoms with Crippen molar-refractivity contribution in [3.8, 4) is 5.75 Å². The molecule has 2 aromatic carbocycles. The SMILES string of the molecule is Cc1cc(Cl)cc(C(=NCCCCCC(N)=O)c2ccc(Cl)cc2)c1O. The maximum atomic E-state index is 10.8. The Morgan fingerprint density at radius 1 is 1.08 bits per heavy atom. The van der Waals surface area contributed by atoms with E-state index in [1.54, 1.807) is 31.2 Å². The minimum Gasteiger partial charge on any atom is -0.507 e. The Labute approximate surface area is 163 Å². The molecule has 0 saturated heterocycles. The first-order valence-electron chi connectivity index (χ1n) is 8.46. The predicted octanol–water partition coefficient (Wildman–Crippen LogP) is 4.89. The molecule has 6 heteroatoms. The van der Waals surface area contributed by atoms with Crippen LogP contribution < -0.4 is 5.73 Å². The first-order chi connectivity index (χ1) is 12.4. The molecule has 0 unspecified atom stereocenters. The number of benzene rings is 2. The number of primary amides is 1. The molecule has 2 aromatic rings. The number of rotatable bonds is 8. The third-order valence-corrected chi connectivity index (χ3v) is 4.46. The number of aromatic hydroxyl groups is 1. The van der Waals surface area contributed by atoms with E-state index < -0.39 is 0 Å². The number of aliphatic imine (C=N–C) groups is 1. The lowest BCUT2D eigenvalue weighted by molar-refractivity contribution is -0.118. The molecule has 138 valence electrons. The van der Waals surface area contributed by atoms with Crippen LogP contribution in [0.5, 0.6) is 5.75 Å². The lowest BCUT2D eigenvalue weighted by Crippen LogP contribution is -2.09. The van der Waals surface area contributed by atoms with E-state index in [2.05, 4.69) is 0 Å². The summed E-state index contributed by atoms with van der Waals surface area (Å²) in [4.78, 5) is 15.5. The predicted molar refractivity (Wildman–Crippen MR) is 107 cm³/mol. The summed E-state index contributed by atoms with van der Waals surface area (Å²) in [6.07, 6.45) is 2.83. The number of phenols is 1. The van der Waals surface area contributed by atoms with Gasteiger partial charge in [0.2, 0.25) is 5.91 Å². The van der Waals surface area contributed by atoms with Gasteiger partial charge in [0.1, 0.15) is 5.75 Å². The number of nitrogens with two attached hydrogens (primary N) is 1. The van der Waals surface area contributed by atoms with E-state index in [4.69, 9.17) is 33.9 Å². The van der Waals surface area contributed by atoms with Gasteiger partial charge in [0.05, 0.1) is 5.71 Å². The highest BCUT2D eigenvalue weighted by molar-refractivity contribution is 6.32. The molecule has 4 nitrogen and oxygen atoms in total. The van der Waals surface area contributed by atoms with Crippen LogP contribution in [0, 0.1) is 6.92 Å². The van der Waals surface area contributed by atoms with Crippen molar-refractivity contribution in [1.82, 2.24) is 0 Å². The molecule has 26 heavy (non-hydrogen) atoms. The molecule has 0 atom stereocenters. The van der Waals surface area contributed by atoms with Crippen LogP contribution in [0.4, 0.5) is 0 Å². The summed E-state index contributed by atoms with van der Waals surface area (Å²) in [5.41, 5.74) is 7.95. The summed E-state index contributed by atoms with van der Waals surface area (Å²) in [7, 11) is 0. The van der Waals surface area contributed by atoms with E-state index >= 15 is 0 Å². The van der Waals surface area contributed by atoms with Crippen LogP contribution >= 0.6 is 23.2 Å². The van der Waals surface area contributed by atoms with Gasteiger partial charge in [-0.15, -0.1) is 0 Å². The molecule has 1 amide bonds. The molecule has 0 aromatic heterocycles. The van der Waals surface area contributed by atoms with E-state index in [1.165, 1.54) is 0 Å². The average Bonchev–Trinajstić information content (AvgIpc) is 2.58. The van der Waals surface area contributed by atoms with Gasteiger partial charge in [-0.25, -0.2) is 0 Å². The first kappa shape index (κ1) is 20.3. The highest BCUT2D eigenvalue weighted by atomic mass is 35.5. The summed E-state index contributed by atoms with van der Waals surface area (Å²) >= 11 is 12.2. The number of phenolic OH excluding ortho intramolecular Hbond substituents is 1. The smallest absolute Gasteiger partial charge is 0.217 e. The van der Waals surface area contributed by atoms with Gasteiger partial charge in [0.15, 0.2) is 0 Å². The van der Waals surface area contributed by atoms with Crippen molar-refractivity contribution in [1.29, 1.82) is 0 Å². The molecule has 0 heterocycles. The minimum atomic E-state index is -0.283. The van der Waals surface area contributed by atoms with Gasteiger partial charge in [0.25, 0.3) is 0 Å². The summed E-state index contributed by atoms with van der Waals surface area (Å²) in [6.45, 7) is 2.37. The van der Waals surface area contributed by atoms with Crippen LogP contribution in [0.25, 0.3) is 0 Å². The summed E-state index contributed by atoms with van der Waals surface area (Å²) in [5, 5.41) is 11.7. The van der Waals surface area contributed by atoms with Crippen LogP contribution in [0.1, 0.15) is 42.4 Å². The van der Waals surface area contributed by atoms with Crippen molar-refractivity contribution in [2.24, 2.45) is 10.7 Å². The zero-order valence-electron chi connectivity index (χ0n) is 14.6. The third kappa shape index (κ3) is 5.75. The van der Waals surface area contributed by atoms with Gasteiger partial charge >= 0.3 is 0 Å². The topological polar surface area (TPSA) is 75.7 Å². The first-order valence-corrected chi connectivity index (χ1v) is 9.22. The third-order valence-electron chi connectivity index (χ3n) is 3.99. The van der Waals surface area contributed by atoms with Crippen molar-refractivity contribution in [3.63, 3.8) is 0 Å². The number of hydrogen-bond acceptors (Lipinski definition) is 3. The zero-order valence-corrected chi connectivity index (χ0v) is 16.1. The summed E-state index contributed by atoms with van der Waals surface area (Å²) in [5.74, 6) is -0.119. The molecule has 0 radical (unpaired) electrons. The van der Waals surface area contributed by atoms with Gasteiger partial charge in [-0.2, -0.15) is 0 Å². The van der Waals surface area contributed by atoms with E-state index in [9.17, 15) is 9.90 Å². The Hall–Kier alpha value is -2.04. The van der Waals surface area contributed by atoms with Crippen molar-refractivity contribution in [2.45, 2.75) is 32.6 Å². The second-order valence-electron chi connectivity index (χ2n) is 6.13. The second-order valence-corrected chi connectivity index (χ2v) is 7.01. The van der Waals surface area contributed by atoms with E-state index in [0.717, 1.165) is 24.8 Å². The Morgan fingerprint density at radius 3 is 2.42 bits per heavy atom. The fraction of sp³-hybridized carbons (Fsp3) is 0.300. The number of carbonyl (C=O) groups is 1. The van der Waals surface area contributed by atoms with E-state index in [1.807, 2.05) is 12.1 Å². The average molecular weight is 393 g/mol. The number of amides is 1. The zero-order chi connectivity index (χ0) is 19.1. The monoisotopic (exact) mass is 392 g/mol. The Kier molecular flexibility index (Phi) is 7.49. The van der Waals surface area contributed by atoms with Gasteiger partial charge in [-0.3, -0.25) is 9.79 Å². The van der Waals surface area contributed by atoms with Gasteiger partial charge < -0.3 is 10.8 Å². The number of halogens is 2. The number of carbonyl (C=O) groups excluding carboxylic acids is 1. The lowest BCUT2D eigenvalue weighted by atomic mass is 9.99. The maximum Gasteiger partial charge on any atom is 0.217 e. The largest absolute Gasteiger partial charge is 0.507 e. The Bertz CT molecular complexity index is 802. The molecule has 0 aliphatic rings. The number of hydrogen-bond donors (Lipinski definition) is 2.